The average molecular weight is 518 g/mol. The molecule has 2 N–H and O–H groups in total. The van der Waals surface area contributed by atoms with E-state index in [1.165, 1.54) is 0 Å². The number of aromatic nitrogens is 1. The minimum absolute atomic E-state index is 0.0282. The fraction of sp³-hybridized carbons (Fsp3) is 0.370. The summed E-state index contributed by atoms with van der Waals surface area (Å²) in [5, 5.41) is 10.7. The SMILES string of the molecule is Cc1cc(OC[PH]2(O)OCCC(c3cccc(Cl)c3)O2)cc(C)c1Cc1ccc(O)c(C(C)C)n1. The van der Waals surface area contributed by atoms with Crippen molar-refractivity contribution >= 4 is 19.5 Å². The fourth-order valence-corrected chi connectivity index (χ4v) is 6.27. The Hall–Kier alpha value is -2.21. The number of aryl methyl sites for hydroxylation is 2. The van der Waals surface area contributed by atoms with Crippen molar-refractivity contribution < 1.29 is 23.8 Å². The van der Waals surface area contributed by atoms with Crippen molar-refractivity contribution in [3.63, 3.8) is 0 Å². The molecule has 0 spiro atoms. The van der Waals surface area contributed by atoms with Crippen molar-refractivity contribution in [3.8, 4) is 11.5 Å². The Bertz CT molecular complexity index is 1180. The van der Waals surface area contributed by atoms with Crippen molar-refractivity contribution in [3.05, 3.63) is 87.2 Å². The molecular weight excluding hydrogens is 485 g/mol. The van der Waals surface area contributed by atoms with Gasteiger partial charge in [0.05, 0.1) is 0 Å². The van der Waals surface area contributed by atoms with E-state index in [-0.39, 0.29) is 24.1 Å². The molecule has 1 atom stereocenters. The van der Waals surface area contributed by atoms with Crippen molar-refractivity contribution in [2.45, 2.75) is 52.6 Å². The van der Waals surface area contributed by atoms with Crippen LogP contribution in [0.5, 0.6) is 11.5 Å². The van der Waals surface area contributed by atoms with Crippen molar-refractivity contribution in [2.75, 3.05) is 13.0 Å². The molecule has 0 aliphatic carbocycles. The van der Waals surface area contributed by atoms with Gasteiger partial charge in [-0.3, -0.25) is 0 Å². The number of hydrogen-bond donors (Lipinski definition) is 2. The molecule has 6 nitrogen and oxygen atoms in total. The quantitative estimate of drug-likeness (QED) is 0.336. The minimum atomic E-state index is -3.51. The van der Waals surface area contributed by atoms with Crippen molar-refractivity contribution in [1.29, 1.82) is 0 Å². The molecular formula is C27H33ClNO5P. The molecule has 1 aliphatic heterocycles. The Kier molecular flexibility index (Phi) is 7.99. The van der Waals surface area contributed by atoms with Gasteiger partial charge in [-0.2, -0.15) is 0 Å². The summed E-state index contributed by atoms with van der Waals surface area (Å²) in [6.45, 7) is 8.51. The van der Waals surface area contributed by atoms with E-state index in [2.05, 4.69) is 4.98 Å². The van der Waals surface area contributed by atoms with E-state index in [1.807, 2.05) is 70.2 Å². The van der Waals surface area contributed by atoms with Crippen molar-refractivity contribution in [2.24, 2.45) is 0 Å². The molecule has 188 valence electrons. The first-order valence-electron chi connectivity index (χ1n) is 11.8. The number of hydrogen-bond acceptors (Lipinski definition) is 6. The molecule has 0 saturated carbocycles. The van der Waals surface area contributed by atoms with Gasteiger partial charge < -0.3 is 0 Å². The molecule has 4 rings (SSSR count). The van der Waals surface area contributed by atoms with Crippen LogP contribution in [0.3, 0.4) is 0 Å². The second-order valence-corrected chi connectivity index (χ2v) is 12.0. The average Bonchev–Trinajstić information content (AvgIpc) is 2.81. The van der Waals surface area contributed by atoms with Gasteiger partial charge in [-0.1, -0.05) is 0 Å². The van der Waals surface area contributed by atoms with Crippen LogP contribution in [0.1, 0.15) is 65.9 Å². The Labute approximate surface area is 212 Å². The molecule has 1 aromatic heterocycles. The predicted octanol–water partition coefficient (Wildman–Crippen LogP) is 6.77. The second-order valence-electron chi connectivity index (χ2n) is 9.37. The molecule has 1 fully saturated rings. The van der Waals surface area contributed by atoms with Gasteiger partial charge >= 0.3 is 213 Å². The molecule has 1 aliphatic rings. The number of halogens is 1. The maximum atomic E-state index is 11.0. The van der Waals surface area contributed by atoms with Crippen molar-refractivity contribution in [1.82, 2.24) is 4.98 Å². The summed E-state index contributed by atoms with van der Waals surface area (Å²) in [4.78, 5) is 15.7. The molecule has 2 heterocycles. The monoisotopic (exact) mass is 517 g/mol. The third-order valence-corrected chi connectivity index (χ3v) is 8.26. The first-order chi connectivity index (χ1) is 16.6. The van der Waals surface area contributed by atoms with Gasteiger partial charge in [-0.05, 0) is 0 Å². The number of nitrogens with zero attached hydrogens (tertiary/aromatic N) is 1. The predicted molar refractivity (Wildman–Crippen MR) is 141 cm³/mol. The normalized spacial score (nSPS) is 18.4. The standard InChI is InChI=1S/C27H33ClNO5P/c1-17(2)27-25(30)9-8-22(29-27)15-24-18(3)12-23(13-19(24)4)32-16-35(31)33-11-10-26(34-35)20-6-5-7-21(28)14-20/h5-9,12-14,17,26,30-31,35H,10-11,15-16H2,1-4H3. The van der Waals surface area contributed by atoms with Gasteiger partial charge in [-0.25, -0.2) is 0 Å². The van der Waals surface area contributed by atoms with Crippen LogP contribution in [0.15, 0.2) is 48.5 Å². The number of ether oxygens (including phenoxy) is 1. The zero-order valence-electron chi connectivity index (χ0n) is 20.5. The van der Waals surface area contributed by atoms with E-state index in [4.69, 9.17) is 25.4 Å². The molecule has 0 amide bonds. The third kappa shape index (κ3) is 6.32. The Morgan fingerprint density at radius 2 is 1.89 bits per heavy atom. The molecule has 0 radical (unpaired) electrons. The van der Waals surface area contributed by atoms with E-state index in [0.717, 1.165) is 27.9 Å². The topological polar surface area (TPSA) is 81.0 Å². The summed E-state index contributed by atoms with van der Waals surface area (Å²) >= 11 is 6.12. The second kappa shape index (κ2) is 10.8. The molecule has 1 saturated heterocycles. The van der Waals surface area contributed by atoms with Crippen LogP contribution >= 0.6 is 19.5 Å². The van der Waals surface area contributed by atoms with E-state index in [1.54, 1.807) is 6.07 Å². The number of aromatic hydroxyl groups is 1. The maximum absolute atomic E-state index is 11.0. The summed E-state index contributed by atoms with van der Waals surface area (Å²) in [6.07, 6.45) is 0.998. The van der Waals surface area contributed by atoms with Crippen LogP contribution in [-0.2, 0) is 15.5 Å². The number of benzene rings is 2. The number of rotatable bonds is 7. The van der Waals surface area contributed by atoms with Crippen LogP contribution in [0.25, 0.3) is 0 Å². The molecule has 1 unspecified atom stereocenters. The van der Waals surface area contributed by atoms with E-state index in [0.29, 0.717) is 35.9 Å². The summed E-state index contributed by atoms with van der Waals surface area (Å²) < 4.78 is 17.6. The van der Waals surface area contributed by atoms with Crippen LogP contribution in [0.2, 0.25) is 5.02 Å². The molecule has 2 aromatic carbocycles. The fourth-order valence-electron chi connectivity index (χ4n) is 4.36. The van der Waals surface area contributed by atoms with Gasteiger partial charge in [0.15, 0.2) is 0 Å². The van der Waals surface area contributed by atoms with Gasteiger partial charge in [-0.15, -0.1) is 0 Å². The first kappa shape index (κ1) is 25.9. The van der Waals surface area contributed by atoms with E-state index < -0.39 is 7.94 Å². The molecule has 3 aromatic rings. The Morgan fingerprint density at radius 3 is 2.57 bits per heavy atom. The zero-order chi connectivity index (χ0) is 25.2. The Morgan fingerprint density at radius 1 is 1.14 bits per heavy atom. The summed E-state index contributed by atoms with van der Waals surface area (Å²) in [7, 11) is -3.51. The third-order valence-electron chi connectivity index (χ3n) is 6.21. The van der Waals surface area contributed by atoms with E-state index in [9.17, 15) is 10.00 Å². The zero-order valence-corrected chi connectivity index (χ0v) is 22.3. The molecule has 35 heavy (non-hydrogen) atoms. The van der Waals surface area contributed by atoms with Gasteiger partial charge in [0, 0.05) is 0 Å². The van der Waals surface area contributed by atoms with E-state index >= 15 is 0 Å². The van der Waals surface area contributed by atoms with Gasteiger partial charge in [0.25, 0.3) is 0 Å². The van der Waals surface area contributed by atoms with Crippen LogP contribution < -0.4 is 4.74 Å². The Balaban J connectivity index is 1.45. The van der Waals surface area contributed by atoms with Crippen LogP contribution in [-0.4, -0.2) is 27.9 Å². The van der Waals surface area contributed by atoms with Gasteiger partial charge in [0.2, 0.25) is 0 Å². The van der Waals surface area contributed by atoms with Crippen LogP contribution in [0, 0.1) is 13.8 Å². The van der Waals surface area contributed by atoms with Crippen LogP contribution in [0.4, 0.5) is 0 Å². The number of pyridine rings is 1. The summed E-state index contributed by atoms with van der Waals surface area (Å²) in [6, 6.07) is 15.0. The summed E-state index contributed by atoms with van der Waals surface area (Å²) in [5.41, 5.74) is 5.83. The first-order valence-corrected chi connectivity index (χ1v) is 14.2. The molecule has 8 heteroatoms. The molecule has 0 bridgehead atoms. The summed E-state index contributed by atoms with van der Waals surface area (Å²) in [5.74, 6) is 1.03. The van der Waals surface area contributed by atoms with Gasteiger partial charge in [0.1, 0.15) is 0 Å².